The molecule has 7 heteroatoms. The number of aromatic nitrogens is 2. The minimum atomic E-state index is -1.00. The molecule has 2 heterocycles. The highest BCUT2D eigenvalue weighted by Gasteiger charge is 2.35. The molecule has 0 bridgehead atoms. The van der Waals surface area contributed by atoms with Crippen LogP contribution in [0.25, 0.3) is 0 Å². The minimum Gasteiger partial charge on any atom is -0.480 e. The SMILES string of the molecule is O=C(O)[C@@H]1Cc2ccccc2CN1C(=O)c1cnsn1. The Labute approximate surface area is 119 Å². The monoisotopic (exact) mass is 289 g/mol. The van der Waals surface area contributed by atoms with Gasteiger partial charge in [-0.25, -0.2) is 4.79 Å². The first-order valence-corrected chi connectivity index (χ1v) is 6.78. The van der Waals surface area contributed by atoms with Crippen molar-refractivity contribution in [1.82, 2.24) is 13.6 Å². The van der Waals surface area contributed by atoms with Gasteiger partial charge >= 0.3 is 5.97 Å². The van der Waals surface area contributed by atoms with Gasteiger partial charge in [-0.2, -0.15) is 8.75 Å². The maximum absolute atomic E-state index is 12.4. The molecule has 6 nitrogen and oxygen atoms in total. The molecular formula is C13H11N3O3S. The quantitative estimate of drug-likeness (QED) is 0.898. The molecule has 20 heavy (non-hydrogen) atoms. The van der Waals surface area contributed by atoms with Crippen LogP contribution in [0.5, 0.6) is 0 Å². The summed E-state index contributed by atoms with van der Waals surface area (Å²) in [5, 5.41) is 9.35. The highest BCUT2D eigenvalue weighted by atomic mass is 32.1. The molecule has 2 aromatic rings. The second kappa shape index (κ2) is 5.01. The standard InChI is InChI=1S/C13H11N3O3S/c17-12(10-6-14-20-15-10)16-7-9-4-2-1-3-8(9)5-11(16)13(18)19/h1-4,6,11H,5,7H2,(H,18,19)/t11-/m0/s1. The van der Waals surface area contributed by atoms with Gasteiger partial charge in [0.05, 0.1) is 17.9 Å². The summed E-state index contributed by atoms with van der Waals surface area (Å²) in [4.78, 5) is 25.1. The summed E-state index contributed by atoms with van der Waals surface area (Å²) in [7, 11) is 0. The summed E-state index contributed by atoms with van der Waals surface area (Å²) in [6.07, 6.45) is 1.68. The molecule has 3 rings (SSSR count). The second-order valence-corrected chi connectivity index (χ2v) is 5.11. The first kappa shape index (κ1) is 12.7. The third-order valence-corrected chi connectivity index (χ3v) is 3.85. The van der Waals surface area contributed by atoms with Crippen molar-refractivity contribution < 1.29 is 14.7 Å². The van der Waals surface area contributed by atoms with Gasteiger partial charge in [-0.1, -0.05) is 24.3 Å². The fraction of sp³-hybridized carbons (Fsp3) is 0.231. The van der Waals surface area contributed by atoms with Crippen LogP contribution in [-0.2, 0) is 17.8 Å². The van der Waals surface area contributed by atoms with Crippen LogP contribution in [-0.4, -0.2) is 36.7 Å². The zero-order valence-electron chi connectivity index (χ0n) is 10.4. The van der Waals surface area contributed by atoms with Crippen molar-refractivity contribution in [3.05, 3.63) is 47.3 Å². The van der Waals surface area contributed by atoms with E-state index in [0.29, 0.717) is 6.42 Å². The lowest BCUT2D eigenvalue weighted by Gasteiger charge is -2.33. The molecule has 0 radical (unpaired) electrons. The lowest BCUT2D eigenvalue weighted by Crippen LogP contribution is -2.48. The van der Waals surface area contributed by atoms with E-state index in [-0.39, 0.29) is 18.1 Å². The van der Waals surface area contributed by atoms with E-state index >= 15 is 0 Å². The maximum atomic E-state index is 12.4. The third kappa shape index (κ3) is 2.16. The van der Waals surface area contributed by atoms with Crippen LogP contribution >= 0.6 is 11.7 Å². The van der Waals surface area contributed by atoms with E-state index in [2.05, 4.69) is 8.75 Å². The molecule has 1 atom stereocenters. The number of hydrogen-bond donors (Lipinski definition) is 1. The second-order valence-electron chi connectivity index (χ2n) is 4.55. The molecule has 0 saturated carbocycles. The summed E-state index contributed by atoms with van der Waals surface area (Å²) in [6, 6.07) is 6.70. The Bertz CT molecular complexity index is 657. The third-order valence-electron chi connectivity index (χ3n) is 3.37. The maximum Gasteiger partial charge on any atom is 0.326 e. The highest BCUT2D eigenvalue weighted by Crippen LogP contribution is 2.24. The van der Waals surface area contributed by atoms with Crippen molar-refractivity contribution in [2.45, 2.75) is 19.0 Å². The van der Waals surface area contributed by atoms with E-state index in [4.69, 9.17) is 0 Å². The number of carbonyl (C=O) groups is 2. The normalized spacial score (nSPS) is 17.6. The Morgan fingerprint density at radius 3 is 2.70 bits per heavy atom. The van der Waals surface area contributed by atoms with Crippen LogP contribution in [0, 0.1) is 0 Å². The molecule has 0 spiro atoms. The number of hydrogen-bond acceptors (Lipinski definition) is 5. The summed E-state index contributed by atoms with van der Waals surface area (Å²) >= 11 is 0.932. The van der Waals surface area contributed by atoms with E-state index in [1.165, 1.54) is 11.1 Å². The van der Waals surface area contributed by atoms with Gasteiger partial charge in [0, 0.05) is 13.0 Å². The van der Waals surface area contributed by atoms with Crippen molar-refractivity contribution >= 4 is 23.6 Å². The van der Waals surface area contributed by atoms with E-state index < -0.39 is 12.0 Å². The van der Waals surface area contributed by atoms with Crippen LogP contribution in [0.4, 0.5) is 0 Å². The van der Waals surface area contributed by atoms with Gasteiger partial charge < -0.3 is 10.0 Å². The number of carboxylic acid groups (broad SMARTS) is 1. The van der Waals surface area contributed by atoms with E-state index in [0.717, 1.165) is 22.9 Å². The lowest BCUT2D eigenvalue weighted by atomic mass is 9.94. The van der Waals surface area contributed by atoms with E-state index in [1.807, 2.05) is 24.3 Å². The molecule has 102 valence electrons. The zero-order valence-corrected chi connectivity index (χ0v) is 11.2. The Hall–Kier alpha value is -2.28. The molecule has 1 aromatic heterocycles. The molecule has 1 aliphatic heterocycles. The van der Waals surface area contributed by atoms with Gasteiger partial charge in [-0.05, 0) is 11.1 Å². The van der Waals surface area contributed by atoms with Gasteiger partial charge in [0.15, 0.2) is 5.69 Å². The predicted molar refractivity (Wildman–Crippen MR) is 71.4 cm³/mol. The Morgan fingerprint density at radius 1 is 1.30 bits per heavy atom. The molecule has 0 aliphatic carbocycles. The van der Waals surface area contributed by atoms with Crippen molar-refractivity contribution in [1.29, 1.82) is 0 Å². The van der Waals surface area contributed by atoms with Crippen molar-refractivity contribution in [2.75, 3.05) is 0 Å². The Kier molecular flexibility index (Phi) is 3.19. The fourth-order valence-electron chi connectivity index (χ4n) is 2.36. The number of benzene rings is 1. The molecule has 1 aliphatic rings. The average molecular weight is 289 g/mol. The zero-order chi connectivity index (χ0) is 14.1. The Balaban J connectivity index is 1.96. The number of carbonyl (C=O) groups excluding carboxylic acids is 1. The predicted octanol–water partition coefficient (Wildman–Crippen LogP) is 1.19. The largest absolute Gasteiger partial charge is 0.480 e. The van der Waals surface area contributed by atoms with Crippen LogP contribution in [0.1, 0.15) is 21.6 Å². The molecule has 0 unspecified atom stereocenters. The van der Waals surface area contributed by atoms with Crippen molar-refractivity contribution in [2.24, 2.45) is 0 Å². The van der Waals surface area contributed by atoms with Crippen LogP contribution < -0.4 is 0 Å². The van der Waals surface area contributed by atoms with Gasteiger partial charge in [-0.15, -0.1) is 0 Å². The van der Waals surface area contributed by atoms with Gasteiger partial charge in [0.25, 0.3) is 5.91 Å². The van der Waals surface area contributed by atoms with Crippen LogP contribution in [0.2, 0.25) is 0 Å². The molecule has 0 fully saturated rings. The molecule has 1 N–H and O–H groups in total. The summed E-state index contributed by atoms with van der Waals surface area (Å²) in [5.41, 5.74) is 2.14. The summed E-state index contributed by atoms with van der Waals surface area (Å²) < 4.78 is 7.68. The molecular weight excluding hydrogens is 278 g/mol. The van der Waals surface area contributed by atoms with Crippen molar-refractivity contribution in [3.63, 3.8) is 0 Å². The number of fused-ring (bicyclic) bond motifs is 1. The van der Waals surface area contributed by atoms with Gasteiger partial charge in [0.1, 0.15) is 6.04 Å². The fourth-order valence-corrected chi connectivity index (χ4v) is 2.77. The summed E-state index contributed by atoms with van der Waals surface area (Å²) in [6.45, 7) is 0.281. The molecule has 1 amide bonds. The minimum absolute atomic E-state index is 0.195. The van der Waals surface area contributed by atoms with Gasteiger partial charge in [-0.3, -0.25) is 4.79 Å². The number of aliphatic carboxylic acids is 1. The number of amides is 1. The van der Waals surface area contributed by atoms with Crippen LogP contribution in [0.3, 0.4) is 0 Å². The average Bonchev–Trinajstić information content (AvgIpc) is 2.99. The van der Waals surface area contributed by atoms with Crippen LogP contribution in [0.15, 0.2) is 30.5 Å². The highest BCUT2D eigenvalue weighted by molar-refractivity contribution is 6.99. The van der Waals surface area contributed by atoms with E-state index in [1.54, 1.807) is 0 Å². The Morgan fingerprint density at radius 2 is 2.05 bits per heavy atom. The topological polar surface area (TPSA) is 83.4 Å². The first-order chi connectivity index (χ1) is 9.66. The van der Waals surface area contributed by atoms with Crippen molar-refractivity contribution in [3.8, 4) is 0 Å². The first-order valence-electron chi connectivity index (χ1n) is 6.05. The summed E-state index contributed by atoms with van der Waals surface area (Å²) in [5.74, 6) is -1.39. The van der Waals surface area contributed by atoms with E-state index in [9.17, 15) is 14.7 Å². The number of rotatable bonds is 2. The molecule has 1 aromatic carbocycles. The number of nitrogens with zero attached hydrogens (tertiary/aromatic N) is 3. The lowest BCUT2D eigenvalue weighted by molar-refractivity contribution is -0.142. The van der Waals surface area contributed by atoms with Gasteiger partial charge in [0.2, 0.25) is 0 Å². The smallest absolute Gasteiger partial charge is 0.326 e. The molecule has 0 saturated heterocycles. The number of carboxylic acids is 1.